The van der Waals surface area contributed by atoms with E-state index in [1.165, 1.54) is 5.56 Å². The Morgan fingerprint density at radius 3 is 2.57 bits per heavy atom. The zero-order chi connectivity index (χ0) is 15.1. The van der Waals surface area contributed by atoms with Gasteiger partial charge in [0, 0.05) is 12.1 Å². The molecule has 3 heteroatoms. The molecule has 0 amide bonds. The van der Waals surface area contributed by atoms with Crippen molar-refractivity contribution in [2.75, 3.05) is 6.54 Å². The zero-order valence-corrected chi connectivity index (χ0v) is 12.7. The fraction of sp³-hybridized carbons (Fsp3) is 0.278. The van der Waals surface area contributed by atoms with Gasteiger partial charge in [-0.1, -0.05) is 43.3 Å². The van der Waals surface area contributed by atoms with Crippen molar-refractivity contribution < 1.29 is 4.74 Å². The first-order valence-electron chi connectivity index (χ1n) is 7.27. The molecule has 0 fully saturated rings. The molecule has 2 N–H and O–H groups in total. The Balaban J connectivity index is 1.96. The summed E-state index contributed by atoms with van der Waals surface area (Å²) in [6, 6.07) is 16.1. The van der Waals surface area contributed by atoms with Crippen molar-refractivity contribution in [3.63, 3.8) is 0 Å². The highest BCUT2D eigenvalue weighted by molar-refractivity contribution is 5.97. The van der Waals surface area contributed by atoms with Gasteiger partial charge < -0.3 is 10.5 Å². The largest absolute Gasteiger partial charge is 0.489 e. The molecule has 2 aromatic carbocycles. The van der Waals surface area contributed by atoms with Gasteiger partial charge in [-0.15, -0.1) is 0 Å². The Morgan fingerprint density at radius 1 is 1.14 bits per heavy atom. The number of hydrogen-bond donors (Lipinski definition) is 1. The Labute approximate surface area is 126 Å². The van der Waals surface area contributed by atoms with Gasteiger partial charge in [-0.2, -0.15) is 0 Å². The van der Waals surface area contributed by atoms with Crippen molar-refractivity contribution in [3.05, 3.63) is 65.2 Å². The van der Waals surface area contributed by atoms with Gasteiger partial charge >= 0.3 is 0 Å². The van der Waals surface area contributed by atoms with Crippen LogP contribution in [0.2, 0.25) is 0 Å². The predicted molar refractivity (Wildman–Crippen MR) is 87.8 cm³/mol. The molecule has 0 aliphatic carbocycles. The van der Waals surface area contributed by atoms with Gasteiger partial charge in [0.05, 0.1) is 0 Å². The predicted octanol–water partition coefficient (Wildman–Crippen LogP) is 3.69. The summed E-state index contributed by atoms with van der Waals surface area (Å²) >= 11 is 0. The number of aryl methyl sites for hydroxylation is 1. The van der Waals surface area contributed by atoms with E-state index in [2.05, 4.69) is 24.9 Å². The van der Waals surface area contributed by atoms with Crippen LogP contribution in [0.4, 0.5) is 0 Å². The topological polar surface area (TPSA) is 47.6 Å². The van der Waals surface area contributed by atoms with Crippen LogP contribution in [0, 0.1) is 6.92 Å². The van der Waals surface area contributed by atoms with E-state index in [0.29, 0.717) is 12.4 Å². The molecule has 0 atom stereocenters. The Morgan fingerprint density at radius 2 is 1.90 bits per heavy atom. The van der Waals surface area contributed by atoms with Gasteiger partial charge in [0.1, 0.15) is 18.2 Å². The van der Waals surface area contributed by atoms with Crippen LogP contribution in [-0.4, -0.2) is 12.4 Å². The average molecular weight is 282 g/mol. The van der Waals surface area contributed by atoms with Gasteiger partial charge in [-0.3, -0.25) is 4.99 Å². The fourth-order valence-corrected chi connectivity index (χ4v) is 1.97. The molecule has 0 unspecified atom stereocenters. The monoisotopic (exact) mass is 282 g/mol. The van der Waals surface area contributed by atoms with Gasteiger partial charge in [0.15, 0.2) is 0 Å². The summed E-state index contributed by atoms with van der Waals surface area (Å²) in [6.07, 6.45) is 1.00. The zero-order valence-electron chi connectivity index (χ0n) is 12.7. The number of nitrogens with two attached hydrogens (primary N) is 1. The minimum Gasteiger partial charge on any atom is -0.489 e. The molecule has 0 saturated carbocycles. The Hall–Kier alpha value is -2.29. The second kappa shape index (κ2) is 7.48. The molecule has 0 aliphatic heterocycles. The lowest BCUT2D eigenvalue weighted by atomic mass is 10.1. The molecule has 0 radical (unpaired) electrons. The lowest BCUT2D eigenvalue weighted by molar-refractivity contribution is 0.306. The van der Waals surface area contributed by atoms with E-state index < -0.39 is 0 Å². The first-order chi connectivity index (χ1) is 10.2. The molecule has 2 rings (SSSR count). The minimum atomic E-state index is 0.551. The molecule has 110 valence electrons. The van der Waals surface area contributed by atoms with E-state index >= 15 is 0 Å². The van der Waals surface area contributed by atoms with Crippen LogP contribution in [-0.2, 0) is 6.61 Å². The summed E-state index contributed by atoms with van der Waals surface area (Å²) in [5.74, 6) is 1.49. The van der Waals surface area contributed by atoms with Crippen LogP contribution in [0.3, 0.4) is 0 Å². The number of aliphatic imine (C=N–C) groups is 1. The fourth-order valence-electron chi connectivity index (χ4n) is 1.97. The van der Waals surface area contributed by atoms with Crippen molar-refractivity contribution in [1.82, 2.24) is 0 Å². The normalized spacial score (nSPS) is 11.4. The number of hydrogen-bond acceptors (Lipinski definition) is 2. The summed E-state index contributed by atoms with van der Waals surface area (Å²) < 4.78 is 5.78. The van der Waals surface area contributed by atoms with Crippen molar-refractivity contribution in [2.45, 2.75) is 26.9 Å². The summed E-state index contributed by atoms with van der Waals surface area (Å²) in [5, 5.41) is 0. The molecule has 0 spiro atoms. The molecule has 0 bridgehead atoms. The van der Waals surface area contributed by atoms with Gasteiger partial charge in [-0.25, -0.2) is 0 Å². The van der Waals surface area contributed by atoms with E-state index in [1.54, 1.807) is 0 Å². The maximum absolute atomic E-state index is 5.93. The van der Waals surface area contributed by atoms with Crippen LogP contribution in [0.25, 0.3) is 0 Å². The van der Waals surface area contributed by atoms with Crippen LogP contribution >= 0.6 is 0 Å². The minimum absolute atomic E-state index is 0.551. The molecule has 2 aromatic rings. The van der Waals surface area contributed by atoms with Crippen LogP contribution in [0.5, 0.6) is 5.75 Å². The number of nitrogens with zero attached hydrogens (tertiary/aromatic N) is 1. The van der Waals surface area contributed by atoms with E-state index in [9.17, 15) is 0 Å². The number of benzene rings is 2. The van der Waals surface area contributed by atoms with Crippen LogP contribution in [0.15, 0.2) is 53.5 Å². The lowest BCUT2D eigenvalue weighted by Crippen LogP contribution is -2.14. The quantitative estimate of drug-likeness (QED) is 0.649. The van der Waals surface area contributed by atoms with Gasteiger partial charge in [0.25, 0.3) is 0 Å². The first kappa shape index (κ1) is 15.1. The van der Waals surface area contributed by atoms with E-state index in [4.69, 9.17) is 10.5 Å². The molecule has 3 nitrogen and oxygen atoms in total. The van der Waals surface area contributed by atoms with Crippen molar-refractivity contribution in [3.8, 4) is 5.75 Å². The van der Waals surface area contributed by atoms with Gasteiger partial charge in [-0.05, 0) is 36.6 Å². The highest BCUT2D eigenvalue weighted by Crippen LogP contribution is 2.14. The van der Waals surface area contributed by atoms with Crippen LogP contribution < -0.4 is 10.5 Å². The summed E-state index contributed by atoms with van der Waals surface area (Å²) in [6.45, 7) is 5.46. The highest BCUT2D eigenvalue weighted by Gasteiger charge is 2.00. The van der Waals surface area contributed by atoms with E-state index in [1.807, 2.05) is 42.5 Å². The molecular weight excluding hydrogens is 260 g/mol. The van der Waals surface area contributed by atoms with Crippen molar-refractivity contribution >= 4 is 5.84 Å². The summed E-state index contributed by atoms with van der Waals surface area (Å²) in [7, 11) is 0. The third kappa shape index (κ3) is 4.63. The average Bonchev–Trinajstić information content (AvgIpc) is 2.51. The summed E-state index contributed by atoms with van der Waals surface area (Å²) in [5.41, 5.74) is 9.20. The van der Waals surface area contributed by atoms with Gasteiger partial charge in [0.2, 0.25) is 0 Å². The second-order valence-corrected chi connectivity index (χ2v) is 5.07. The molecule has 0 aromatic heterocycles. The number of amidine groups is 1. The van der Waals surface area contributed by atoms with E-state index in [0.717, 1.165) is 29.8 Å². The number of rotatable bonds is 6. The smallest absolute Gasteiger partial charge is 0.125 e. The van der Waals surface area contributed by atoms with E-state index in [-0.39, 0.29) is 0 Å². The summed E-state index contributed by atoms with van der Waals surface area (Å²) in [4.78, 5) is 4.31. The third-order valence-corrected chi connectivity index (χ3v) is 3.15. The molecular formula is C18H22N2O. The maximum atomic E-state index is 5.93. The molecule has 21 heavy (non-hydrogen) atoms. The van der Waals surface area contributed by atoms with Crippen LogP contribution in [0.1, 0.15) is 30.0 Å². The Bertz CT molecular complexity index is 603. The standard InChI is InChI=1S/C18H22N2O/c1-3-11-20-18(19)16-9-7-15(8-10-16)13-21-17-6-4-5-14(2)12-17/h4-10,12H,3,11,13H2,1-2H3,(H2,19,20). The molecule has 0 saturated heterocycles. The maximum Gasteiger partial charge on any atom is 0.125 e. The SMILES string of the molecule is CCCN=C(N)c1ccc(COc2cccc(C)c2)cc1. The number of ether oxygens (including phenoxy) is 1. The molecule has 0 heterocycles. The molecule has 0 aliphatic rings. The van der Waals surface area contributed by atoms with Crippen molar-refractivity contribution in [1.29, 1.82) is 0 Å². The first-order valence-corrected chi connectivity index (χ1v) is 7.27. The third-order valence-electron chi connectivity index (χ3n) is 3.15. The second-order valence-electron chi connectivity index (χ2n) is 5.07. The highest BCUT2D eigenvalue weighted by atomic mass is 16.5. The van der Waals surface area contributed by atoms with Crippen molar-refractivity contribution in [2.24, 2.45) is 10.7 Å². The lowest BCUT2D eigenvalue weighted by Gasteiger charge is -2.08. The Kier molecular flexibility index (Phi) is 5.38.